The minimum Gasteiger partial charge on any atom is -0.389 e. The number of aliphatic hydroxyl groups excluding tert-OH is 1. The highest BCUT2D eigenvalue weighted by Gasteiger charge is 2.34. The van der Waals surface area contributed by atoms with Gasteiger partial charge in [-0.15, -0.1) is 0 Å². The summed E-state index contributed by atoms with van der Waals surface area (Å²) < 4.78 is 1.97. The topological polar surface area (TPSA) is 92.9 Å². The molecule has 1 aliphatic carbocycles. The van der Waals surface area contributed by atoms with Gasteiger partial charge in [-0.05, 0) is 32.3 Å². The zero-order chi connectivity index (χ0) is 15.5. The molecule has 1 fully saturated rings. The number of rotatable bonds is 3. The molecule has 2 heterocycles. The second kappa shape index (κ2) is 6.23. The fourth-order valence-electron chi connectivity index (χ4n) is 3.01. The Kier molecular flexibility index (Phi) is 4.15. The van der Waals surface area contributed by atoms with Gasteiger partial charge in [0.25, 0.3) is 5.91 Å². The number of amides is 1. The van der Waals surface area contributed by atoms with Crippen molar-refractivity contribution in [2.45, 2.75) is 44.4 Å². The largest absolute Gasteiger partial charge is 0.389 e. The molecule has 22 heavy (non-hydrogen) atoms. The Labute approximate surface area is 128 Å². The Balaban J connectivity index is 1.72. The zero-order valence-electron chi connectivity index (χ0n) is 12.4. The normalized spacial score (nSPS) is 24.9. The van der Waals surface area contributed by atoms with Gasteiger partial charge in [0, 0.05) is 24.8 Å². The molecule has 0 aliphatic heterocycles. The molecule has 0 unspecified atom stereocenters. The van der Waals surface area contributed by atoms with Gasteiger partial charge in [0.1, 0.15) is 5.82 Å². The summed E-state index contributed by atoms with van der Waals surface area (Å²) in [6.45, 7) is 1.91. The number of nitrogens with one attached hydrogen (secondary N) is 1. The molecule has 0 saturated heterocycles. The third kappa shape index (κ3) is 2.85. The van der Waals surface area contributed by atoms with E-state index in [4.69, 9.17) is 0 Å². The molecule has 0 aromatic carbocycles. The SMILES string of the molecule is Cc1nccn1[C@@H]1CCC[C@@H](NC(=O)c2ncccn2)[C@H]1O. The third-order valence-corrected chi connectivity index (χ3v) is 4.13. The average Bonchev–Trinajstić information content (AvgIpc) is 2.96. The standard InChI is InChI=1S/C15H19N5O2/c1-10-16-8-9-20(10)12-5-2-4-11(13(12)21)19-15(22)14-17-6-3-7-18-14/h3,6-9,11-13,21H,2,4-5H2,1H3,(H,19,22)/t11-,12-,13-/m1/s1. The van der Waals surface area contributed by atoms with Crippen LogP contribution in [0, 0.1) is 6.92 Å². The number of aromatic nitrogens is 4. The van der Waals surface area contributed by atoms with Crippen LogP contribution in [-0.4, -0.2) is 42.7 Å². The van der Waals surface area contributed by atoms with Crippen LogP contribution in [0.5, 0.6) is 0 Å². The molecule has 1 aliphatic rings. The van der Waals surface area contributed by atoms with Crippen molar-refractivity contribution in [1.29, 1.82) is 0 Å². The highest BCUT2D eigenvalue weighted by molar-refractivity contribution is 5.90. The first kappa shape index (κ1) is 14.6. The van der Waals surface area contributed by atoms with E-state index >= 15 is 0 Å². The van der Waals surface area contributed by atoms with Gasteiger partial charge in [-0.2, -0.15) is 0 Å². The monoisotopic (exact) mass is 301 g/mol. The summed E-state index contributed by atoms with van der Waals surface area (Å²) >= 11 is 0. The van der Waals surface area contributed by atoms with E-state index in [-0.39, 0.29) is 23.8 Å². The van der Waals surface area contributed by atoms with Gasteiger partial charge < -0.3 is 15.0 Å². The van der Waals surface area contributed by atoms with Crippen molar-refractivity contribution in [2.24, 2.45) is 0 Å². The first-order valence-corrected chi connectivity index (χ1v) is 7.42. The maximum absolute atomic E-state index is 12.2. The lowest BCUT2D eigenvalue weighted by Crippen LogP contribution is -2.49. The van der Waals surface area contributed by atoms with Gasteiger partial charge in [0.2, 0.25) is 5.82 Å². The van der Waals surface area contributed by atoms with Gasteiger partial charge in [-0.3, -0.25) is 4.79 Å². The highest BCUT2D eigenvalue weighted by Crippen LogP contribution is 2.29. The Bertz CT molecular complexity index is 642. The second-order valence-electron chi connectivity index (χ2n) is 5.52. The zero-order valence-corrected chi connectivity index (χ0v) is 12.4. The molecule has 0 spiro atoms. The van der Waals surface area contributed by atoms with E-state index < -0.39 is 6.10 Å². The lowest BCUT2D eigenvalue weighted by atomic mass is 9.87. The van der Waals surface area contributed by atoms with Crippen LogP contribution in [0.15, 0.2) is 30.9 Å². The second-order valence-corrected chi connectivity index (χ2v) is 5.52. The van der Waals surface area contributed by atoms with Crippen LogP contribution >= 0.6 is 0 Å². The van der Waals surface area contributed by atoms with Crippen molar-refractivity contribution < 1.29 is 9.90 Å². The van der Waals surface area contributed by atoms with E-state index in [1.54, 1.807) is 12.3 Å². The average molecular weight is 301 g/mol. The van der Waals surface area contributed by atoms with Gasteiger partial charge in [-0.25, -0.2) is 15.0 Å². The van der Waals surface area contributed by atoms with Crippen molar-refractivity contribution in [3.63, 3.8) is 0 Å². The molecule has 116 valence electrons. The summed E-state index contributed by atoms with van der Waals surface area (Å²) in [5, 5.41) is 13.5. The Morgan fingerprint density at radius 2 is 2.05 bits per heavy atom. The van der Waals surface area contributed by atoms with E-state index in [1.165, 1.54) is 12.4 Å². The smallest absolute Gasteiger partial charge is 0.289 e. The fourth-order valence-corrected chi connectivity index (χ4v) is 3.01. The quantitative estimate of drug-likeness (QED) is 0.877. The first-order valence-electron chi connectivity index (χ1n) is 7.42. The number of carbonyl (C=O) groups excluding carboxylic acids is 1. The first-order chi connectivity index (χ1) is 10.7. The summed E-state index contributed by atoms with van der Waals surface area (Å²) in [6, 6.07) is 1.28. The Morgan fingerprint density at radius 3 is 2.73 bits per heavy atom. The summed E-state index contributed by atoms with van der Waals surface area (Å²) in [5.41, 5.74) is 0. The summed E-state index contributed by atoms with van der Waals surface area (Å²) in [6.07, 6.45) is 8.52. The fraction of sp³-hybridized carbons (Fsp3) is 0.467. The molecule has 0 bridgehead atoms. The molecule has 0 radical (unpaired) electrons. The van der Waals surface area contributed by atoms with E-state index in [2.05, 4.69) is 20.3 Å². The molecule has 3 rings (SSSR count). The molecule has 7 nitrogen and oxygen atoms in total. The molecule has 2 aromatic heterocycles. The molecule has 1 saturated carbocycles. The molecule has 2 aromatic rings. The van der Waals surface area contributed by atoms with Gasteiger partial charge >= 0.3 is 0 Å². The van der Waals surface area contributed by atoms with Gasteiger partial charge in [0.05, 0.1) is 18.2 Å². The van der Waals surface area contributed by atoms with E-state index in [9.17, 15) is 9.90 Å². The lowest BCUT2D eigenvalue weighted by Gasteiger charge is -2.36. The van der Waals surface area contributed by atoms with Crippen molar-refractivity contribution in [2.75, 3.05) is 0 Å². The molecule has 3 atom stereocenters. The van der Waals surface area contributed by atoms with E-state index in [0.717, 1.165) is 25.1 Å². The number of nitrogens with zero attached hydrogens (tertiary/aromatic N) is 4. The highest BCUT2D eigenvalue weighted by atomic mass is 16.3. The molecular formula is C15H19N5O2. The van der Waals surface area contributed by atoms with Crippen molar-refractivity contribution in [3.05, 3.63) is 42.5 Å². The van der Waals surface area contributed by atoms with Crippen molar-refractivity contribution >= 4 is 5.91 Å². The number of hydrogen-bond donors (Lipinski definition) is 2. The molecular weight excluding hydrogens is 282 g/mol. The van der Waals surface area contributed by atoms with Crippen molar-refractivity contribution in [1.82, 2.24) is 24.8 Å². The minimum absolute atomic E-state index is 0.0711. The van der Waals surface area contributed by atoms with E-state index in [0.29, 0.717) is 0 Å². The predicted octanol–water partition coefficient (Wildman–Crippen LogP) is 0.866. The molecule has 2 N–H and O–H groups in total. The summed E-state index contributed by atoms with van der Waals surface area (Å²) in [4.78, 5) is 24.2. The molecule has 7 heteroatoms. The van der Waals surface area contributed by atoms with Crippen LogP contribution < -0.4 is 5.32 Å². The van der Waals surface area contributed by atoms with E-state index in [1.807, 2.05) is 17.7 Å². The van der Waals surface area contributed by atoms with Crippen LogP contribution in [0.1, 0.15) is 41.7 Å². The Morgan fingerprint density at radius 1 is 1.27 bits per heavy atom. The lowest BCUT2D eigenvalue weighted by molar-refractivity contribution is 0.0389. The number of hydrogen-bond acceptors (Lipinski definition) is 5. The van der Waals surface area contributed by atoms with Crippen LogP contribution in [0.4, 0.5) is 0 Å². The van der Waals surface area contributed by atoms with Crippen LogP contribution in [0.3, 0.4) is 0 Å². The maximum Gasteiger partial charge on any atom is 0.289 e. The third-order valence-electron chi connectivity index (χ3n) is 4.13. The van der Waals surface area contributed by atoms with Gasteiger partial charge in [-0.1, -0.05) is 0 Å². The number of aliphatic hydroxyl groups is 1. The predicted molar refractivity (Wildman–Crippen MR) is 79.1 cm³/mol. The molecule has 1 amide bonds. The van der Waals surface area contributed by atoms with Crippen molar-refractivity contribution in [3.8, 4) is 0 Å². The maximum atomic E-state index is 12.2. The summed E-state index contributed by atoms with van der Waals surface area (Å²) in [7, 11) is 0. The Hall–Kier alpha value is -2.28. The number of carbonyl (C=O) groups is 1. The van der Waals surface area contributed by atoms with Gasteiger partial charge in [0.15, 0.2) is 0 Å². The minimum atomic E-state index is -0.658. The number of imidazole rings is 1. The summed E-state index contributed by atoms with van der Waals surface area (Å²) in [5.74, 6) is 0.630. The van der Waals surface area contributed by atoms with Crippen LogP contribution in [0.25, 0.3) is 0 Å². The van der Waals surface area contributed by atoms with Crippen LogP contribution in [-0.2, 0) is 0 Å². The van der Waals surface area contributed by atoms with Crippen LogP contribution in [0.2, 0.25) is 0 Å². The number of aryl methyl sites for hydroxylation is 1.